The molecule has 136 valence electrons. The first kappa shape index (κ1) is 18.7. The molecule has 7 heteroatoms. The summed E-state index contributed by atoms with van der Waals surface area (Å²) >= 11 is 2.87. The van der Waals surface area contributed by atoms with Gasteiger partial charge in [-0.15, -0.1) is 23.1 Å². The molecule has 1 aromatic heterocycles. The molecule has 0 radical (unpaired) electrons. The van der Waals surface area contributed by atoms with Crippen LogP contribution < -0.4 is 0 Å². The number of amides is 1. The molecule has 0 N–H and O–H groups in total. The van der Waals surface area contributed by atoms with Gasteiger partial charge in [-0.25, -0.2) is 5.01 Å². The van der Waals surface area contributed by atoms with Crippen molar-refractivity contribution in [3.63, 3.8) is 0 Å². The zero-order valence-electron chi connectivity index (χ0n) is 14.7. The molecule has 1 atom stereocenters. The number of methoxy groups -OCH3 is 1. The molecule has 0 saturated heterocycles. The molecule has 1 aromatic carbocycles. The lowest BCUT2D eigenvalue weighted by atomic mass is 10.00. The third kappa shape index (κ3) is 4.34. The number of esters is 1. The molecule has 1 aliphatic rings. The van der Waals surface area contributed by atoms with Crippen LogP contribution in [0.15, 0.2) is 46.9 Å². The number of rotatable bonds is 6. The first-order valence-corrected chi connectivity index (χ1v) is 10.3. The van der Waals surface area contributed by atoms with Gasteiger partial charge < -0.3 is 4.74 Å². The Morgan fingerprint density at radius 3 is 2.69 bits per heavy atom. The maximum atomic E-state index is 12.7. The van der Waals surface area contributed by atoms with Crippen molar-refractivity contribution < 1.29 is 14.3 Å². The molecule has 2 aromatic rings. The van der Waals surface area contributed by atoms with Crippen molar-refractivity contribution in [1.29, 1.82) is 0 Å². The van der Waals surface area contributed by atoms with Crippen molar-refractivity contribution in [1.82, 2.24) is 5.01 Å². The molecule has 0 aliphatic carbocycles. The lowest BCUT2D eigenvalue weighted by Gasteiger charge is -2.22. The van der Waals surface area contributed by atoms with E-state index in [9.17, 15) is 9.59 Å². The summed E-state index contributed by atoms with van der Waals surface area (Å²) in [6.45, 7) is 2.04. The quantitative estimate of drug-likeness (QED) is 0.709. The molecule has 0 saturated carbocycles. The molecule has 0 spiro atoms. The zero-order valence-corrected chi connectivity index (χ0v) is 16.3. The predicted molar refractivity (Wildman–Crippen MR) is 106 cm³/mol. The number of hydrogen-bond donors (Lipinski definition) is 0. The summed E-state index contributed by atoms with van der Waals surface area (Å²) in [6, 6.07) is 12.1. The van der Waals surface area contributed by atoms with Crippen LogP contribution in [0.25, 0.3) is 0 Å². The van der Waals surface area contributed by atoms with Gasteiger partial charge in [-0.3, -0.25) is 9.59 Å². The molecule has 0 fully saturated rings. The van der Waals surface area contributed by atoms with E-state index in [2.05, 4.69) is 22.0 Å². The fourth-order valence-corrected chi connectivity index (χ4v) is 4.14. The molecule has 1 amide bonds. The third-order valence-corrected chi connectivity index (χ3v) is 5.92. The Labute approximate surface area is 161 Å². The number of hydrazone groups is 1. The Kier molecular flexibility index (Phi) is 6.11. The Morgan fingerprint density at radius 1 is 1.27 bits per heavy atom. The van der Waals surface area contributed by atoms with Gasteiger partial charge in [-0.2, -0.15) is 5.10 Å². The minimum absolute atomic E-state index is 0.101. The second-order valence-corrected chi connectivity index (χ2v) is 7.90. The Hall–Kier alpha value is -2.12. The first-order valence-electron chi connectivity index (χ1n) is 8.23. The second kappa shape index (κ2) is 8.51. The van der Waals surface area contributed by atoms with Gasteiger partial charge in [0.1, 0.15) is 0 Å². The van der Waals surface area contributed by atoms with Crippen molar-refractivity contribution in [2.45, 2.75) is 19.4 Å². The zero-order chi connectivity index (χ0) is 18.5. The molecule has 26 heavy (non-hydrogen) atoms. The number of thioether (sulfide) groups is 1. The van der Waals surface area contributed by atoms with E-state index >= 15 is 0 Å². The highest BCUT2D eigenvalue weighted by Gasteiger charge is 2.33. The molecule has 3 rings (SSSR count). The molecule has 5 nitrogen and oxygen atoms in total. The van der Waals surface area contributed by atoms with Crippen LogP contribution in [-0.2, 0) is 14.3 Å². The van der Waals surface area contributed by atoms with Crippen LogP contribution in [0.3, 0.4) is 0 Å². The predicted octanol–water partition coefficient (Wildman–Crippen LogP) is 3.64. The van der Waals surface area contributed by atoms with Crippen LogP contribution >= 0.6 is 23.1 Å². The molecule has 0 bridgehead atoms. The number of ether oxygens (including phenoxy) is 1. The highest BCUT2D eigenvalue weighted by molar-refractivity contribution is 8.00. The lowest BCUT2D eigenvalue weighted by Crippen LogP contribution is -2.29. The number of nitrogens with zero attached hydrogens (tertiary/aromatic N) is 2. The van der Waals surface area contributed by atoms with Gasteiger partial charge in [0.2, 0.25) is 0 Å². The van der Waals surface area contributed by atoms with Crippen molar-refractivity contribution in [3.05, 3.63) is 57.8 Å². The number of hydrogen-bond acceptors (Lipinski definition) is 6. The van der Waals surface area contributed by atoms with E-state index in [4.69, 9.17) is 0 Å². The number of thiophene rings is 1. The second-order valence-electron chi connectivity index (χ2n) is 5.96. The summed E-state index contributed by atoms with van der Waals surface area (Å²) in [7, 11) is 1.34. The molecular weight excluding hydrogens is 368 g/mol. The van der Waals surface area contributed by atoms with Gasteiger partial charge in [0.05, 0.1) is 35.2 Å². The van der Waals surface area contributed by atoms with Crippen molar-refractivity contribution in [2.75, 3.05) is 18.6 Å². The van der Waals surface area contributed by atoms with E-state index in [0.717, 1.165) is 16.2 Å². The fourth-order valence-electron chi connectivity index (χ4n) is 2.73. The number of carbonyl (C=O) groups is 2. The molecule has 1 unspecified atom stereocenters. The van der Waals surface area contributed by atoms with Crippen molar-refractivity contribution in [3.8, 4) is 0 Å². The maximum absolute atomic E-state index is 12.7. The Balaban J connectivity index is 1.78. The van der Waals surface area contributed by atoms with E-state index < -0.39 is 0 Å². The lowest BCUT2D eigenvalue weighted by molar-refractivity contribution is -0.137. The monoisotopic (exact) mass is 388 g/mol. The summed E-state index contributed by atoms with van der Waals surface area (Å²) in [6.07, 6.45) is 0.691. The number of benzene rings is 1. The average Bonchev–Trinajstić information content (AvgIpc) is 3.31. The summed E-state index contributed by atoms with van der Waals surface area (Å²) < 4.78 is 4.61. The standard InChI is InChI=1S/C19H20N2O3S2/c1-13-5-7-14(8-6-13)16-10-15(17-4-3-9-26-17)20-21(16)18(22)11-25-12-19(23)24-2/h3-9,16H,10-12H2,1-2H3. The normalized spacial score (nSPS) is 16.5. The summed E-state index contributed by atoms with van der Waals surface area (Å²) in [5, 5.41) is 8.19. The highest BCUT2D eigenvalue weighted by Crippen LogP contribution is 2.34. The topological polar surface area (TPSA) is 59.0 Å². The Bertz CT molecular complexity index is 801. The van der Waals surface area contributed by atoms with Gasteiger partial charge in [0, 0.05) is 6.42 Å². The van der Waals surface area contributed by atoms with Gasteiger partial charge in [0.25, 0.3) is 5.91 Å². The average molecular weight is 389 g/mol. The van der Waals surface area contributed by atoms with E-state index in [0.29, 0.717) is 6.42 Å². The highest BCUT2D eigenvalue weighted by atomic mass is 32.2. The first-order chi connectivity index (χ1) is 12.6. The number of aryl methyl sites for hydroxylation is 1. The van der Waals surface area contributed by atoms with Crippen LogP contribution in [0.4, 0.5) is 0 Å². The summed E-state index contributed by atoms with van der Waals surface area (Å²) in [5.41, 5.74) is 3.17. The van der Waals surface area contributed by atoms with Gasteiger partial charge >= 0.3 is 5.97 Å². The van der Waals surface area contributed by atoms with Crippen LogP contribution in [0, 0.1) is 6.92 Å². The SMILES string of the molecule is COC(=O)CSCC(=O)N1N=C(c2cccs2)CC1c1ccc(C)cc1. The van der Waals surface area contributed by atoms with Gasteiger partial charge in [-0.05, 0) is 23.9 Å². The van der Waals surface area contributed by atoms with Gasteiger partial charge in [0.15, 0.2) is 0 Å². The molecule has 1 aliphatic heterocycles. The van der Waals surface area contributed by atoms with E-state index in [1.54, 1.807) is 16.3 Å². The fraction of sp³-hybridized carbons (Fsp3) is 0.316. The van der Waals surface area contributed by atoms with Crippen LogP contribution in [0.2, 0.25) is 0 Å². The largest absolute Gasteiger partial charge is 0.468 e. The smallest absolute Gasteiger partial charge is 0.315 e. The van der Waals surface area contributed by atoms with Crippen LogP contribution in [-0.4, -0.2) is 41.2 Å². The number of carbonyl (C=O) groups excluding carboxylic acids is 2. The van der Waals surface area contributed by atoms with Crippen LogP contribution in [0.5, 0.6) is 0 Å². The Morgan fingerprint density at radius 2 is 2.04 bits per heavy atom. The van der Waals surface area contributed by atoms with E-state index in [1.807, 2.05) is 36.6 Å². The minimum Gasteiger partial charge on any atom is -0.468 e. The third-order valence-electron chi connectivity index (χ3n) is 4.11. The maximum Gasteiger partial charge on any atom is 0.315 e. The summed E-state index contributed by atoms with van der Waals surface area (Å²) in [4.78, 5) is 25.1. The van der Waals surface area contributed by atoms with Crippen LogP contribution in [0.1, 0.15) is 28.5 Å². The summed E-state index contributed by atoms with van der Waals surface area (Å²) in [5.74, 6) is -0.0797. The molecular formula is C19H20N2O3S2. The van der Waals surface area contributed by atoms with Gasteiger partial charge in [-0.1, -0.05) is 35.9 Å². The van der Waals surface area contributed by atoms with E-state index in [-0.39, 0.29) is 29.4 Å². The van der Waals surface area contributed by atoms with Crippen molar-refractivity contribution in [2.24, 2.45) is 5.10 Å². The minimum atomic E-state index is -0.331. The molecule has 2 heterocycles. The van der Waals surface area contributed by atoms with E-state index in [1.165, 1.54) is 24.4 Å². The van der Waals surface area contributed by atoms with Crippen molar-refractivity contribution >= 4 is 40.7 Å².